The third-order valence-electron chi connectivity index (χ3n) is 7.40. The molecule has 6 nitrogen and oxygen atoms in total. The molecule has 1 saturated carbocycles. The Balaban J connectivity index is 1.46. The van der Waals surface area contributed by atoms with E-state index in [4.69, 9.17) is 4.98 Å². The Hall–Kier alpha value is -2.91. The fraction of sp³-hybridized carbons (Fsp3) is 0.481. The van der Waals surface area contributed by atoms with Gasteiger partial charge in [-0.15, -0.1) is 0 Å². The van der Waals surface area contributed by atoms with Gasteiger partial charge in [-0.05, 0) is 67.5 Å². The van der Waals surface area contributed by atoms with Crippen LogP contribution < -0.4 is 10.6 Å². The van der Waals surface area contributed by atoms with Crippen molar-refractivity contribution in [1.29, 1.82) is 0 Å². The number of anilines is 1. The topological polar surface area (TPSA) is 62.2 Å². The van der Waals surface area contributed by atoms with E-state index in [-0.39, 0.29) is 11.6 Å². The van der Waals surface area contributed by atoms with Gasteiger partial charge in [0.25, 0.3) is 5.91 Å². The van der Waals surface area contributed by atoms with Crippen LogP contribution in [-0.4, -0.2) is 46.5 Å². The second kappa shape index (κ2) is 10.2. The molecule has 2 fully saturated rings. The zero-order valence-electron chi connectivity index (χ0n) is 20.4. The fourth-order valence-electron chi connectivity index (χ4n) is 5.34. The van der Waals surface area contributed by atoms with E-state index in [0.29, 0.717) is 11.9 Å². The molecule has 2 aliphatic rings. The van der Waals surface area contributed by atoms with Gasteiger partial charge in [-0.3, -0.25) is 15.0 Å². The first-order valence-corrected chi connectivity index (χ1v) is 12.7. The third kappa shape index (κ3) is 5.42. The van der Waals surface area contributed by atoms with Crippen molar-refractivity contribution < 1.29 is 18.0 Å². The number of alkyl halides is 3. The number of piperazine rings is 1. The summed E-state index contributed by atoms with van der Waals surface area (Å²) >= 11 is 0. The predicted molar refractivity (Wildman–Crippen MR) is 134 cm³/mol. The summed E-state index contributed by atoms with van der Waals surface area (Å²) in [4.78, 5) is 20.2. The zero-order valence-corrected chi connectivity index (χ0v) is 20.4. The summed E-state index contributed by atoms with van der Waals surface area (Å²) in [5.74, 6) is 0.457. The number of amides is 1. The number of nitrogens with zero attached hydrogens (tertiary/aromatic N) is 3. The van der Waals surface area contributed by atoms with Crippen molar-refractivity contribution in [2.75, 3.05) is 31.5 Å². The molecule has 1 aliphatic carbocycles. The van der Waals surface area contributed by atoms with Crippen molar-refractivity contribution in [2.45, 2.75) is 51.4 Å². The average molecular weight is 500 g/mol. The number of hydrogen-bond donors (Lipinski definition) is 2. The Morgan fingerprint density at radius 3 is 2.56 bits per heavy atom. The van der Waals surface area contributed by atoms with Crippen LogP contribution in [0.4, 0.5) is 19.1 Å². The van der Waals surface area contributed by atoms with E-state index in [0.717, 1.165) is 87.1 Å². The standard InChI is InChI=1S/C27H32F3N5O/c1-18-5-8-22(9-6-18)35-24-10-7-19(17-34-13-11-31-12-14-34)15-23(24)32-26(35)33-25(36)20-3-2-4-21(16-20)27(28,29)30/h2-4,7,10,15-16,18,22,31H,5-6,8-9,11-14,17H2,1H3,(H,32,33,36). The number of benzene rings is 2. The van der Waals surface area contributed by atoms with Crippen LogP contribution in [-0.2, 0) is 12.7 Å². The normalized spacial score (nSPS) is 21.6. The van der Waals surface area contributed by atoms with Crippen LogP contribution in [0.2, 0.25) is 0 Å². The number of nitrogens with one attached hydrogen (secondary N) is 2. The van der Waals surface area contributed by atoms with Crippen molar-refractivity contribution in [3.05, 3.63) is 59.2 Å². The molecule has 9 heteroatoms. The van der Waals surface area contributed by atoms with E-state index in [9.17, 15) is 18.0 Å². The lowest BCUT2D eigenvalue weighted by atomic mass is 9.87. The predicted octanol–water partition coefficient (Wildman–Crippen LogP) is 5.46. The number of halogens is 3. The molecular formula is C27H32F3N5O. The second-order valence-electron chi connectivity index (χ2n) is 10.1. The van der Waals surface area contributed by atoms with E-state index in [1.807, 2.05) is 0 Å². The van der Waals surface area contributed by atoms with Gasteiger partial charge < -0.3 is 9.88 Å². The Labute approximate surface area is 208 Å². The molecule has 0 unspecified atom stereocenters. The number of carbonyl (C=O) groups is 1. The molecule has 1 amide bonds. The van der Waals surface area contributed by atoms with Crippen molar-refractivity contribution in [3.63, 3.8) is 0 Å². The monoisotopic (exact) mass is 499 g/mol. The third-order valence-corrected chi connectivity index (χ3v) is 7.40. The molecule has 3 aromatic rings. The van der Waals surface area contributed by atoms with Crippen LogP contribution in [0, 0.1) is 5.92 Å². The molecule has 0 radical (unpaired) electrons. The van der Waals surface area contributed by atoms with Gasteiger partial charge >= 0.3 is 6.18 Å². The van der Waals surface area contributed by atoms with Crippen molar-refractivity contribution in [1.82, 2.24) is 19.8 Å². The number of fused-ring (bicyclic) bond motifs is 1. The summed E-state index contributed by atoms with van der Waals surface area (Å²) in [5, 5.41) is 6.19. The summed E-state index contributed by atoms with van der Waals surface area (Å²) < 4.78 is 41.6. The van der Waals surface area contributed by atoms with Crippen LogP contribution in [0.25, 0.3) is 11.0 Å². The summed E-state index contributed by atoms with van der Waals surface area (Å²) in [5.41, 5.74) is 2.00. The largest absolute Gasteiger partial charge is 0.416 e. The maximum atomic E-state index is 13.2. The van der Waals surface area contributed by atoms with E-state index in [2.05, 4.69) is 45.2 Å². The molecule has 36 heavy (non-hydrogen) atoms. The summed E-state index contributed by atoms with van der Waals surface area (Å²) in [6.45, 7) is 7.01. The minimum Gasteiger partial charge on any atom is -0.314 e. The Bertz CT molecular complexity index is 1220. The van der Waals surface area contributed by atoms with Gasteiger partial charge in [-0.25, -0.2) is 4.98 Å². The van der Waals surface area contributed by atoms with E-state index >= 15 is 0 Å². The highest BCUT2D eigenvalue weighted by molar-refractivity contribution is 6.04. The van der Waals surface area contributed by atoms with Gasteiger partial charge in [0.15, 0.2) is 0 Å². The molecule has 1 aliphatic heterocycles. The zero-order chi connectivity index (χ0) is 25.3. The first-order valence-electron chi connectivity index (χ1n) is 12.7. The molecule has 2 N–H and O–H groups in total. The first kappa shape index (κ1) is 24.8. The minimum absolute atomic E-state index is 0.0416. The highest BCUT2D eigenvalue weighted by Gasteiger charge is 2.31. The van der Waals surface area contributed by atoms with Gasteiger partial charge in [0.2, 0.25) is 5.95 Å². The summed E-state index contributed by atoms with van der Waals surface area (Å²) in [6.07, 6.45) is -0.384. The fourth-order valence-corrected chi connectivity index (χ4v) is 5.34. The van der Waals surface area contributed by atoms with E-state index in [1.54, 1.807) is 0 Å². The van der Waals surface area contributed by atoms with Crippen LogP contribution in [0.1, 0.15) is 60.1 Å². The Morgan fingerprint density at radius 1 is 1.08 bits per heavy atom. The second-order valence-corrected chi connectivity index (χ2v) is 10.1. The van der Waals surface area contributed by atoms with E-state index < -0.39 is 17.6 Å². The average Bonchev–Trinajstić information content (AvgIpc) is 3.21. The Morgan fingerprint density at radius 2 is 1.83 bits per heavy atom. The molecule has 1 aromatic heterocycles. The quantitative estimate of drug-likeness (QED) is 0.489. The van der Waals surface area contributed by atoms with Crippen molar-refractivity contribution >= 4 is 22.9 Å². The van der Waals surface area contributed by atoms with Crippen molar-refractivity contribution in [2.24, 2.45) is 5.92 Å². The van der Waals surface area contributed by atoms with Gasteiger partial charge in [0, 0.05) is 44.3 Å². The molecule has 2 aromatic carbocycles. The maximum Gasteiger partial charge on any atom is 0.416 e. The Kier molecular flexibility index (Phi) is 7.03. The lowest BCUT2D eigenvalue weighted by Crippen LogP contribution is -2.42. The van der Waals surface area contributed by atoms with Gasteiger partial charge in [-0.2, -0.15) is 13.2 Å². The summed E-state index contributed by atoms with van der Waals surface area (Å²) in [7, 11) is 0. The molecule has 1 saturated heterocycles. The number of aromatic nitrogens is 2. The molecule has 192 valence electrons. The number of rotatable bonds is 5. The SMILES string of the molecule is CC1CCC(n2c(NC(=O)c3cccc(C(F)(F)F)c3)nc3cc(CN4CCNCC4)ccc32)CC1. The molecular weight excluding hydrogens is 467 g/mol. The molecule has 2 heterocycles. The van der Waals surface area contributed by atoms with E-state index in [1.165, 1.54) is 12.1 Å². The molecule has 0 bridgehead atoms. The summed E-state index contributed by atoms with van der Waals surface area (Å²) in [6, 6.07) is 10.9. The smallest absolute Gasteiger partial charge is 0.314 e. The van der Waals surface area contributed by atoms with Gasteiger partial charge in [0.1, 0.15) is 0 Å². The first-order chi connectivity index (χ1) is 17.3. The van der Waals surface area contributed by atoms with Crippen LogP contribution in [0.3, 0.4) is 0 Å². The number of imidazole rings is 1. The highest BCUT2D eigenvalue weighted by Crippen LogP contribution is 2.37. The molecule has 5 rings (SSSR count). The molecule has 0 atom stereocenters. The van der Waals surface area contributed by atoms with Crippen LogP contribution in [0.5, 0.6) is 0 Å². The lowest BCUT2D eigenvalue weighted by Gasteiger charge is -2.29. The van der Waals surface area contributed by atoms with Gasteiger partial charge in [-0.1, -0.05) is 19.1 Å². The minimum atomic E-state index is -4.51. The lowest BCUT2D eigenvalue weighted by molar-refractivity contribution is -0.137. The maximum absolute atomic E-state index is 13.2. The van der Waals surface area contributed by atoms with Crippen LogP contribution in [0.15, 0.2) is 42.5 Å². The van der Waals surface area contributed by atoms with Crippen molar-refractivity contribution in [3.8, 4) is 0 Å². The molecule has 0 spiro atoms. The van der Waals surface area contributed by atoms with Gasteiger partial charge in [0.05, 0.1) is 16.6 Å². The van der Waals surface area contributed by atoms with Crippen LogP contribution >= 0.6 is 0 Å². The number of hydrogen-bond acceptors (Lipinski definition) is 4. The highest BCUT2D eigenvalue weighted by atomic mass is 19.4. The number of carbonyl (C=O) groups excluding carboxylic acids is 1.